The van der Waals surface area contributed by atoms with Crippen LogP contribution in [0.3, 0.4) is 0 Å². The number of nitrogens with one attached hydrogen (secondary N) is 2. The highest BCUT2D eigenvalue weighted by Crippen LogP contribution is 2.34. The van der Waals surface area contributed by atoms with Crippen molar-refractivity contribution < 1.29 is 0 Å². The number of anilines is 1. The number of nitrogens with zero attached hydrogens (tertiary/aromatic N) is 2. The highest BCUT2D eigenvalue weighted by atomic mass is 35.5. The van der Waals surface area contributed by atoms with Gasteiger partial charge in [0.2, 0.25) is 0 Å². The van der Waals surface area contributed by atoms with Gasteiger partial charge in [0.1, 0.15) is 10.8 Å². The lowest BCUT2D eigenvalue weighted by Crippen LogP contribution is -1.95. The van der Waals surface area contributed by atoms with Crippen LogP contribution in [0.5, 0.6) is 0 Å². The van der Waals surface area contributed by atoms with Gasteiger partial charge in [-0.25, -0.2) is 9.97 Å². The predicted molar refractivity (Wildman–Crippen MR) is 66.5 cm³/mol. The molecular weight excluding hydrogens is 267 g/mol. The number of H-pyrrole nitrogens is 1. The van der Waals surface area contributed by atoms with E-state index in [0.717, 1.165) is 5.16 Å². The number of aromatic amines is 1. The summed E-state index contributed by atoms with van der Waals surface area (Å²) in [5, 5.41) is 5.29. The summed E-state index contributed by atoms with van der Waals surface area (Å²) >= 11 is 13.3. The summed E-state index contributed by atoms with van der Waals surface area (Å²) in [7, 11) is 1.75. The minimum Gasteiger partial charge on any atom is -0.372 e. The monoisotopic (exact) mass is 274 g/mol. The van der Waals surface area contributed by atoms with Gasteiger partial charge in [0, 0.05) is 19.4 Å². The number of rotatable bonds is 3. The zero-order chi connectivity index (χ0) is 11.5. The van der Waals surface area contributed by atoms with Gasteiger partial charge in [0.05, 0.1) is 10.0 Å². The summed E-state index contributed by atoms with van der Waals surface area (Å²) < 4.78 is 0. The summed E-state index contributed by atoms with van der Waals surface area (Å²) in [6, 6.07) is 1.66. The van der Waals surface area contributed by atoms with E-state index in [9.17, 15) is 0 Å². The number of hydrogen-bond acceptors (Lipinski definition) is 4. The molecule has 0 saturated carbocycles. The Kier molecular flexibility index (Phi) is 3.58. The second-order valence-corrected chi connectivity index (χ2v) is 4.64. The van der Waals surface area contributed by atoms with Gasteiger partial charge in [-0.3, -0.25) is 0 Å². The van der Waals surface area contributed by atoms with Crippen LogP contribution in [0.15, 0.2) is 28.6 Å². The molecule has 2 rings (SSSR count). The Bertz CT molecular complexity index is 487. The van der Waals surface area contributed by atoms with Gasteiger partial charge in [0.15, 0.2) is 5.16 Å². The number of pyridine rings is 1. The van der Waals surface area contributed by atoms with Gasteiger partial charge in [-0.2, -0.15) is 0 Å². The summed E-state index contributed by atoms with van der Waals surface area (Å²) in [5.74, 6) is 0.597. The molecule has 0 saturated heterocycles. The first-order valence-corrected chi connectivity index (χ1v) is 5.99. The van der Waals surface area contributed by atoms with E-state index in [0.29, 0.717) is 20.9 Å². The third-order valence-corrected chi connectivity index (χ3v) is 3.41. The van der Waals surface area contributed by atoms with Crippen LogP contribution in [0, 0.1) is 0 Å². The lowest BCUT2D eigenvalue weighted by atomic mass is 10.4. The van der Waals surface area contributed by atoms with E-state index < -0.39 is 0 Å². The highest BCUT2D eigenvalue weighted by Gasteiger charge is 2.10. The smallest absolute Gasteiger partial charge is 0.171 e. The molecule has 2 aromatic rings. The molecule has 0 unspecified atom stereocenters. The molecular formula is C9H8Cl2N4S. The molecule has 0 aromatic carbocycles. The molecule has 7 heteroatoms. The van der Waals surface area contributed by atoms with Crippen molar-refractivity contribution in [1.29, 1.82) is 0 Å². The van der Waals surface area contributed by atoms with Crippen LogP contribution in [0.4, 0.5) is 5.82 Å². The van der Waals surface area contributed by atoms with Crippen LogP contribution in [0.25, 0.3) is 0 Å². The topological polar surface area (TPSA) is 53.6 Å². The first-order chi connectivity index (χ1) is 7.70. The molecule has 0 aliphatic rings. The van der Waals surface area contributed by atoms with E-state index in [-0.39, 0.29) is 0 Å². The Morgan fingerprint density at radius 1 is 1.38 bits per heavy atom. The summed E-state index contributed by atoms with van der Waals surface area (Å²) in [4.78, 5) is 11.3. The normalized spacial score (nSPS) is 10.4. The Morgan fingerprint density at radius 3 is 2.81 bits per heavy atom. The molecule has 2 N–H and O–H groups in total. The van der Waals surface area contributed by atoms with Crippen LogP contribution in [0.1, 0.15) is 0 Å². The first-order valence-electron chi connectivity index (χ1n) is 4.41. The number of hydrogen-bond donors (Lipinski definition) is 2. The molecule has 0 amide bonds. The third kappa shape index (κ3) is 2.42. The highest BCUT2D eigenvalue weighted by molar-refractivity contribution is 7.99. The number of halogens is 2. The van der Waals surface area contributed by atoms with Crippen molar-refractivity contribution in [2.45, 2.75) is 10.2 Å². The Hall–Kier alpha value is -0.910. The molecule has 2 aromatic heterocycles. The van der Waals surface area contributed by atoms with Crippen LogP contribution in [0.2, 0.25) is 10.0 Å². The van der Waals surface area contributed by atoms with Crippen molar-refractivity contribution in [3.05, 3.63) is 28.5 Å². The van der Waals surface area contributed by atoms with Gasteiger partial charge in [-0.05, 0) is 17.8 Å². The fourth-order valence-electron chi connectivity index (χ4n) is 1.09. The molecule has 0 aliphatic carbocycles. The van der Waals surface area contributed by atoms with Crippen molar-refractivity contribution in [3.63, 3.8) is 0 Å². The minimum atomic E-state index is 0.497. The van der Waals surface area contributed by atoms with Crippen molar-refractivity contribution in [2.24, 2.45) is 0 Å². The standard InChI is InChI=1S/C9H8Cl2N4S/c1-12-7-5(10)4-6(11)8(15-7)16-9-13-2-3-14-9/h2-4H,1H3,(H,12,15)(H,13,14). The molecule has 16 heavy (non-hydrogen) atoms. The fraction of sp³-hybridized carbons (Fsp3) is 0.111. The molecule has 0 aliphatic heterocycles. The Balaban J connectivity index is 2.33. The van der Waals surface area contributed by atoms with Crippen molar-refractivity contribution >= 4 is 40.8 Å². The molecule has 0 bridgehead atoms. The zero-order valence-electron chi connectivity index (χ0n) is 8.29. The lowest BCUT2D eigenvalue weighted by molar-refractivity contribution is 1.04. The number of aromatic nitrogens is 3. The maximum atomic E-state index is 6.04. The molecule has 4 nitrogen and oxygen atoms in total. The van der Waals surface area contributed by atoms with Gasteiger partial charge in [-0.15, -0.1) is 0 Å². The SMILES string of the molecule is CNc1nc(Sc2ncc[nH]2)c(Cl)cc1Cl. The van der Waals surface area contributed by atoms with Crippen molar-refractivity contribution in [1.82, 2.24) is 15.0 Å². The van der Waals surface area contributed by atoms with Crippen LogP contribution < -0.4 is 5.32 Å². The average Bonchev–Trinajstić information content (AvgIpc) is 2.75. The quantitative estimate of drug-likeness (QED) is 0.902. The van der Waals surface area contributed by atoms with E-state index in [4.69, 9.17) is 23.2 Å². The maximum Gasteiger partial charge on any atom is 0.171 e. The van der Waals surface area contributed by atoms with Crippen molar-refractivity contribution in [2.75, 3.05) is 12.4 Å². The first kappa shape index (κ1) is 11.6. The Morgan fingerprint density at radius 2 is 2.19 bits per heavy atom. The van der Waals surface area contributed by atoms with E-state index >= 15 is 0 Å². The van der Waals surface area contributed by atoms with Gasteiger partial charge >= 0.3 is 0 Å². The molecule has 0 radical (unpaired) electrons. The predicted octanol–water partition coefficient (Wildman–Crippen LogP) is 3.30. The molecule has 0 atom stereocenters. The van der Waals surface area contributed by atoms with E-state index in [1.165, 1.54) is 11.8 Å². The van der Waals surface area contributed by atoms with Gasteiger partial charge < -0.3 is 10.3 Å². The molecule has 0 spiro atoms. The molecule has 2 heterocycles. The van der Waals surface area contributed by atoms with E-state index in [1.807, 2.05) is 0 Å². The average molecular weight is 275 g/mol. The van der Waals surface area contributed by atoms with Crippen LogP contribution >= 0.6 is 35.0 Å². The second-order valence-electron chi connectivity index (χ2n) is 2.85. The largest absolute Gasteiger partial charge is 0.372 e. The van der Waals surface area contributed by atoms with Crippen LogP contribution in [-0.2, 0) is 0 Å². The zero-order valence-corrected chi connectivity index (χ0v) is 10.6. The van der Waals surface area contributed by atoms with Gasteiger partial charge in [-0.1, -0.05) is 23.2 Å². The third-order valence-electron chi connectivity index (χ3n) is 1.80. The van der Waals surface area contributed by atoms with Crippen molar-refractivity contribution in [3.8, 4) is 0 Å². The number of imidazole rings is 1. The van der Waals surface area contributed by atoms with Crippen LogP contribution in [-0.4, -0.2) is 22.0 Å². The van der Waals surface area contributed by atoms with Gasteiger partial charge in [0.25, 0.3) is 0 Å². The Labute approximate surface area is 107 Å². The second kappa shape index (κ2) is 4.95. The molecule has 0 fully saturated rings. The minimum absolute atomic E-state index is 0.497. The van der Waals surface area contributed by atoms with E-state index in [1.54, 1.807) is 25.5 Å². The molecule has 84 valence electrons. The fourth-order valence-corrected chi connectivity index (χ4v) is 2.38. The maximum absolute atomic E-state index is 6.04. The van der Waals surface area contributed by atoms with E-state index in [2.05, 4.69) is 20.3 Å². The lowest BCUT2D eigenvalue weighted by Gasteiger charge is -2.06. The summed E-state index contributed by atoms with van der Waals surface area (Å²) in [5.41, 5.74) is 0. The summed E-state index contributed by atoms with van der Waals surface area (Å²) in [6.07, 6.45) is 3.41. The summed E-state index contributed by atoms with van der Waals surface area (Å²) in [6.45, 7) is 0.